The molecule has 2 unspecified atom stereocenters. The highest BCUT2D eigenvalue weighted by Crippen LogP contribution is 2.60. The number of para-hydroxylation sites is 1. The number of H-pyrrole nitrogens is 1. The van der Waals surface area contributed by atoms with Crippen molar-refractivity contribution < 1.29 is 33.0 Å². The lowest BCUT2D eigenvalue weighted by atomic mass is 10.1. The largest absolute Gasteiger partial charge is 0.462 e. The van der Waals surface area contributed by atoms with Crippen LogP contribution in [0.15, 0.2) is 52.2 Å². The third kappa shape index (κ3) is 4.96. The Morgan fingerprint density at radius 2 is 1.94 bits per heavy atom. The maximum Gasteiger partial charge on any atom is 0.459 e. The second-order valence-corrected chi connectivity index (χ2v) is 10.3. The van der Waals surface area contributed by atoms with Crippen molar-refractivity contribution in [2.75, 3.05) is 0 Å². The summed E-state index contributed by atoms with van der Waals surface area (Å²) >= 11 is 0. The first-order chi connectivity index (χ1) is 16.4. The number of nitrogens with two attached hydrogens (primary N) is 1. The van der Waals surface area contributed by atoms with Crippen molar-refractivity contribution in [1.29, 1.82) is 0 Å². The fourth-order valence-corrected chi connectivity index (χ4v) is 5.55. The number of aromatic amines is 1. The molecule has 1 saturated heterocycles. The van der Waals surface area contributed by atoms with Crippen LogP contribution in [0, 0.1) is 0 Å². The summed E-state index contributed by atoms with van der Waals surface area (Å²) in [7, 11) is -4.28. The highest BCUT2D eigenvalue weighted by molar-refractivity contribution is 7.52. The van der Waals surface area contributed by atoms with E-state index in [0.29, 0.717) is 0 Å². The summed E-state index contributed by atoms with van der Waals surface area (Å²) in [6, 6.07) is 6.98. The molecule has 0 bridgehead atoms. The molecule has 4 rings (SSSR count). The summed E-state index contributed by atoms with van der Waals surface area (Å²) in [5.41, 5.74) is 3.00. The Bertz CT molecular complexity index is 1250. The number of nitrogens with zero attached hydrogens (tertiary/aromatic N) is 1. The van der Waals surface area contributed by atoms with Crippen LogP contribution in [0.2, 0.25) is 0 Å². The van der Waals surface area contributed by atoms with Gasteiger partial charge in [0.2, 0.25) is 0 Å². The zero-order chi connectivity index (χ0) is 25.5. The van der Waals surface area contributed by atoms with Gasteiger partial charge in [0.25, 0.3) is 5.56 Å². The Morgan fingerprint density at radius 1 is 1.26 bits per heavy atom. The summed E-state index contributed by atoms with van der Waals surface area (Å²) in [5, 5.41) is 13.6. The fourth-order valence-electron chi connectivity index (χ4n) is 3.83. The molecule has 35 heavy (non-hydrogen) atoms. The van der Waals surface area contributed by atoms with E-state index in [1.165, 1.54) is 25.3 Å². The number of hydrogen-bond acceptors (Lipinski definition) is 10. The first-order valence-electron chi connectivity index (χ1n) is 10.9. The van der Waals surface area contributed by atoms with Gasteiger partial charge in [-0.1, -0.05) is 18.2 Å². The van der Waals surface area contributed by atoms with Crippen molar-refractivity contribution in [3.8, 4) is 5.75 Å². The molecule has 2 aliphatic rings. The van der Waals surface area contributed by atoms with Gasteiger partial charge < -0.3 is 24.8 Å². The van der Waals surface area contributed by atoms with E-state index >= 15 is 0 Å². The lowest BCUT2D eigenvalue weighted by Gasteiger charge is -2.27. The minimum Gasteiger partial charge on any atom is -0.462 e. The average Bonchev–Trinajstić information content (AvgIpc) is 3.22. The molecule has 5 N–H and O–H groups in total. The summed E-state index contributed by atoms with van der Waals surface area (Å²) in [4.78, 5) is 37.8. The van der Waals surface area contributed by atoms with Crippen LogP contribution in [0.5, 0.6) is 5.75 Å². The van der Waals surface area contributed by atoms with Gasteiger partial charge in [-0.3, -0.25) is 23.7 Å². The van der Waals surface area contributed by atoms with Gasteiger partial charge in [0, 0.05) is 12.3 Å². The molecule has 1 aromatic heterocycles. The number of rotatable bonds is 9. The Balaban J connectivity index is 1.53. The highest BCUT2D eigenvalue weighted by atomic mass is 31.2. The number of aliphatic hydroxyl groups is 1. The topological polar surface area (TPSA) is 184 Å². The summed E-state index contributed by atoms with van der Waals surface area (Å²) in [5.74, 6) is -0.492. The quantitative estimate of drug-likeness (QED) is 0.263. The monoisotopic (exact) mass is 510 g/mol. The molecule has 1 aliphatic heterocycles. The van der Waals surface area contributed by atoms with Crippen molar-refractivity contribution in [1.82, 2.24) is 14.6 Å². The van der Waals surface area contributed by atoms with Gasteiger partial charge in [-0.05, 0) is 32.9 Å². The average molecular weight is 510 g/mol. The Labute approximate surface area is 199 Å². The third-order valence-corrected chi connectivity index (χ3v) is 7.27. The van der Waals surface area contributed by atoms with Crippen molar-refractivity contribution in [2.24, 2.45) is 5.73 Å². The van der Waals surface area contributed by atoms with Crippen LogP contribution in [0.3, 0.4) is 0 Å². The van der Waals surface area contributed by atoms with Crippen molar-refractivity contribution in [3.05, 3.63) is 63.4 Å². The van der Waals surface area contributed by atoms with E-state index in [9.17, 15) is 24.1 Å². The molecule has 2 fully saturated rings. The number of carbonyl (C=O) groups is 1. The number of fused-ring (bicyclic) bond motifs is 1. The molecule has 1 aliphatic carbocycles. The van der Waals surface area contributed by atoms with Crippen molar-refractivity contribution in [3.63, 3.8) is 0 Å². The molecule has 0 spiro atoms. The highest BCUT2D eigenvalue weighted by Gasteiger charge is 2.78. The summed E-state index contributed by atoms with van der Waals surface area (Å²) in [6.07, 6.45) is -2.54. The van der Waals surface area contributed by atoms with Crippen LogP contribution in [0.1, 0.15) is 27.0 Å². The molecule has 190 valence electrons. The van der Waals surface area contributed by atoms with E-state index in [1.807, 2.05) is 0 Å². The van der Waals surface area contributed by atoms with E-state index in [2.05, 4.69) is 10.1 Å². The maximum atomic E-state index is 13.7. The molecule has 1 saturated carbocycles. The molecular weight excluding hydrogens is 483 g/mol. The first kappa shape index (κ1) is 25.3. The van der Waals surface area contributed by atoms with Crippen LogP contribution in [0.25, 0.3) is 0 Å². The molecule has 14 heteroatoms. The van der Waals surface area contributed by atoms with E-state index in [1.54, 1.807) is 32.0 Å². The van der Waals surface area contributed by atoms with Crippen LogP contribution in [-0.2, 0) is 23.4 Å². The third-order valence-electron chi connectivity index (χ3n) is 5.61. The first-order valence-corrected chi connectivity index (χ1v) is 12.4. The van der Waals surface area contributed by atoms with E-state index in [4.69, 9.17) is 24.3 Å². The van der Waals surface area contributed by atoms with Crippen molar-refractivity contribution in [2.45, 2.75) is 63.0 Å². The Hall–Kier alpha value is -2.80. The van der Waals surface area contributed by atoms with Gasteiger partial charge in [0.05, 0.1) is 12.1 Å². The van der Waals surface area contributed by atoms with E-state index < -0.39 is 67.2 Å². The number of hydrogen-bond donors (Lipinski definition) is 4. The van der Waals surface area contributed by atoms with Gasteiger partial charge in [0.15, 0.2) is 6.23 Å². The zero-order valence-electron chi connectivity index (χ0n) is 19.2. The second-order valence-electron chi connectivity index (χ2n) is 8.64. The van der Waals surface area contributed by atoms with Crippen LogP contribution in [-0.4, -0.2) is 56.6 Å². The zero-order valence-corrected chi connectivity index (χ0v) is 20.1. The van der Waals surface area contributed by atoms with E-state index in [0.717, 1.165) is 10.6 Å². The minimum atomic E-state index is -4.28. The summed E-state index contributed by atoms with van der Waals surface area (Å²) in [6.45, 7) is 4.77. The van der Waals surface area contributed by atoms with E-state index in [-0.39, 0.29) is 5.75 Å². The Kier molecular flexibility index (Phi) is 6.75. The molecule has 2 aromatic rings. The molecule has 7 atom stereocenters. The predicted molar refractivity (Wildman–Crippen MR) is 122 cm³/mol. The van der Waals surface area contributed by atoms with Gasteiger partial charge >= 0.3 is 19.4 Å². The number of aromatic nitrogens is 2. The summed E-state index contributed by atoms with van der Waals surface area (Å²) < 4.78 is 36.8. The van der Waals surface area contributed by atoms with Gasteiger partial charge in [-0.2, -0.15) is 5.09 Å². The second kappa shape index (κ2) is 9.34. The lowest BCUT2D eigenvalue weighted by Crippen LogP contribution is -2.47. The smallest absolute Gasteiger partial charge is 0.459 e. The van der Waals surface area contributed by atoms with Crippen LogP contribution >= 0.6 is 7.75 Å². The predicted octanol–water partition coefficient (Wildman–Crippen LogP) is 0.00800. The Morgan fingerprint density at radius 3 is 2.51 bits per heavy atom. The molecule has 2 heterocycles. The fraction of sp³-hybridized carbons (Fsp3) is 0.476. The molecule has 0 amide bonds. The number of ether oxygens (including phenoxy) is 2. The molecule has 13 nitrogen and oxygen atoms in total. The van der Waals surface area contributed by atoms with Crippen LogP contribution in [0.4, 0.5) is 0 Å². The molecule has 0 radical (unpaired) electrons. The standard InChI is InChI=1S/C21H27N4O9P/c1-11(2)31-19(27)12(3)24-35(30,33-13-7-5-4-6-8-13)34-17-16-21(17,29)15(22)18(32-16)25-10-9-14(26)23-20(25)28/h4-12,15-18,29H,22H2,1-3H3,(H,24,30)(H,23,26,28)/t12-,15+,16-,17?,18-,21+,35?/m1/s1. The van der Waals surface area contributed by atoms with Gasteiger partial charge in [0.1, 0.15) is 29.6 Å². The van der Waals surface area contributed by atoms with Gasteiger partial charge in [-0.15, -0.1) is 0 Å². The molecule has 1 aromatic carbocycles. The number of benzene rings is 1. The lowest BCUT2D eigenvalue weighted by molar-refractivity contribution is -0.149. The number of carbonyl (C=O) groups excluding carboxylic acids is 1. The number of nitrogens with one attached hydrogen (secondary N) is 2. The maximum absolute atomic E-state index is 13.7. The molecular formula is C21H27N4O9P. The van der Waals surface area contributed by atoms with Gasteiger partial charge in [-0.25, -0.2) is 9.36 Å². The van der Waals surface area contributed by atoms with Crippen LogP contribution < -0.4 is 26.6 Å². The van der Waals surface area contributed by atoms with Crippen molar-refractivity contribution >= 4 is 13.7 Å². The normalized spacial score (nSPS) is 29.8. The SMILES string of the molecule is CC(C)OC(=O)[C@@H](C)NP(=O)(Oc1ccccc1)OC1[C@H]2O[C@@H](n3ccc(=O)[nH]c3=O)[C@H](N)[C@@]12O. The number of esters is 1. The minimum absolute atomic E-state index is 0.188.